The summed E-state index contributed by atoms with van der Waals surface area (Å²) in [7, 11) is -3.71. The van der Waals surface area contributed by atoms with Gasteiger partial charge in [0.05, 0.1) is 12.6 Å². The summed E-state index contributed by atoms with van der Waals surface area (Å²) in [6, 6.07) is 10.5. The number of benzene rings is 1. The lowest BCUT2D eigenvalue weighted by atomic mass is 10.1. The molecule has 0 aliphatic carbocycles. The molecule has 8 heteroatoms. The number of pyridine rings is 1. The van der Waals surface area contributed by atoms with E-state index < -0.39 is 10.0 Å². The molecule has 162 valence electrons. The number of hydrogen-bond donors (Lipinski definition) is 0. The molecule has 0 amide bonds. The molecule has 0 spiro atoms. The van der Waals surface area contributed by atoms with Gasteiger partial charge in [0.15, 0.2) is 0 Å². The van der Waals surface area contributed by atoms with E-state index in [4.69, 9.17) is 9.47 Å². The van der Waals surface area contributed by atoms with Crippen molar-refractivity contribution in [3.8, 4) is 5.75 Å². The Bertz CT molecular complexity index is 938. The summed E-state index contributed by atoms with van der Waals surface area (Å²) in [4.78, 5) is 6.75. The monoisotopic (exact) mass is 431 g/mol. The Hall–Kier alpha value is -2.00. The van der Waals surface area contributed by atoms with Crippen LogP contribution in [0.25, 0.3) is 0 Å². The van der Waals surface area contributed by atoms with Gasteiger partial charge < -0.3 is 14.4 Å². The van der Waals surface area contributed by atoms with Crippen molar-refractivity contribution in [2.45, 2.75) is 43.4 Å². The number of aromatic nitrogens is 1. The van der Waals surface area contributed by atoms with Gasteiger partial charge in [-0.1, -0.05) is 18.2 Å². The molecule has 0 unspecified atom stereocenters. The Balaban J connectivity index is 1.66. The van der Waals surface area contributed by atoms with Gasteiger partial charge in [-0.25, -0.2) is 8.42 Å². The number of fused-ring (bicyclic) bond motifs is 2. The second-order valence-electron chi connectivity index (χ2n) is 7.70. The number of rotatable bonds is 6. The average molecular weight is 432 g/mol. The van der Waals surface area contributed by atoms with Gasteiger partial charge in [0.25, 0.3) is 0 Å². The van der Waals surface area contributed by atoms with Crippen LogP contribution >= 0.6 is 0 Å². The number of sulfonamides is 1. The summed E-state index contributed by atoms with van der Waals surface area (Å²) < 4.78 is 40.8. The molecule has 1 aromatic heterocycles. The molecule has 0 bridgehead atoms. The van der Waals surface area contributed by atoms with Gasteiger partial charge in [-0.2, -0.15) is 4.31 Å². The number of hydrogen-bond acceptors (Lipinski definition) is 6. The van der Waals surface area contributed by atoms with Gasteiger partial charge in [0.2, 0.25) is 10.0 Å². The summed E-state index contributed by atoms with van der Waals surface area (Å²) in [5.74, 6) is 0.448. The number of nitrogens with zero attached hydrogens (tertiary/aromatic N) is 3. The van der Waals surface area contributed by atoms with Gasteiger partial charge >= 0.3 is 0 Å². The third-order valence-electron chi connectivity index (χ3n) is 5.80. The van der Waals surface area contributed by atoms with E-state index in [1.165, 1.54) is 0 Å². The van der Waals surface area contributed by atoms with Gasteiger partial charge in [-0.05, 0) is 50.1 Å². The van der Waals surface area contributed by atoms with Crippen LogP contribution in [0.2, 0.25) is 0 Å². The van der Waals surface area contributed by atoms with Crippen molar-refractivity contribution < 1.29 is 17.9 Å². The standard InChI is InChI=1S/C22H29N3O4S/c1-2-28-15-14-24-12-9-19-20(10-13-24)29-21-7-3-4-8-22(21)30(26,27)25(19)17-18-6-5-11-23-16-18/h3-8,11,16,19-20H,2,9-10,12-15,17H2,1H3/t19-,20-/m1/s1. The summed E-state index contributed by atoms with van der Waals surface area (Å²) in [6.45, 7) is 6.19. The van der Waals surface area contributed by atoms with E-state index in [1.54, 1.807) is 34.9 Å². The molecule has 2 aromatic rings. The molecular weight excluding hydrogens is 402 g/mol. The van der Waals surface area contributed by atoms with Gasteiger partial charge in [0.1, 0.15) is 16.7 Å². The lowest BCUT2D eigenvalue weighted by Gasteiger charge is -2.31. The Morgan fingerprint density at radius 2 is 2.00 bits per heavy atom. The molecule has 3 heterocycles. The van der Waals surface area contributed by atoms with E-state index in [0.29, 0.717) is 25.4 Å². The highest BCUT2D eigenvalue weighted by Crippen LogP contribution is 2.37. The minimum atomic E-state index is -3.71. The molecule has 30 heavy (non-hydrogen) atoms. The van der Waals surface area contributed by atoms with Crippen LogP contribution in [0.15, 0.2) is 53.7 Å². The molecule has 2 aliphatic rings. The van der Waals surface area contributed by atoms with Crippen molar-refractivity contribution in [2.24, 2.45) is 0 Å². The molecular formula is C22H29N3O4S. The summed E-state index contributed by atoms with van der Waals surface area (Å²) in [5.41, 5.74) is 0.872. The second-order valence-corrected chi connectivity index (χ2v) is 9.56. The molecule has 0 saturated carbocycles. The summed E-state index contributed by atoms with van der Waals surface area (Å²) >= 11 is 0. The van der Waals surface area contributed by atoms with E-state index in [9.17, 15) is 8.42 Å². The van der Waals surface area contributed by atoms with Crippen LogP contribution in [0, 0.1) is 0 Å². The largest absolute Gasteiger partial charge is 0.487 e. The van der Waals surface area contributed by atoms with Crippen LogP contribution in [0.1, 0.15) is 25.3 Å². The minimum Gasteiger partial charge on any atom is -0.487 e. The molecule has 2 atom stereocenters. The number of para-hydroxylation sites is 1. The topological polar surface area (TPSA) is 72.0 Å². The lowest BCUT2D eigenvalue weighted by Crippen LogP contribution is -2.46. The van der Waals surface area contributed by atoms with E-state index in [2.05, 4.69) is 9.88 Å². The van der Waals surface area contributed by atoms with E-state index in [-0.39, 0.29) is 23.6 Å². The van der Waals surface area contributed by atoms with Crippen LogP contribution in [0.4, 0.5) is 0 Å². The minimum absolute atomic E-state index is 0.197. The van der Waals surface area contributed by atoms with Crippen molar-refractivity contribution in [3.05, 3.63) is 54.4 Å². The first-order valence-corrected chi connectivity index (χ1v) is 12.0. The zero-order chi connectivity index (χ0) is 21.0. The normalized spacial score (nSPS) is 24.2. The van der Waals surface area contributed by atoms with E-state index in [1.807, 2.05) is 25.1 Å². The molecule has 4 rings (SSSR count). The van der Waals surface area contributed by atoms with Crippen LogP contribution in [-0.2, 0) is 21.3 Å². The average Bonchev–Trinajstić information content (AvgIpc) is 2.99. The first-order valence-electron chi connectivity index (χ1n) is 10.6. The van der Waals surface area contributed by atoms with Crippen molar-refractivity contribution in [2.75, 3.05) is 32.8 Å². The van der Waals surface area contributed by atoms with Gasteiger partial charge in [0, 0.05) is 38.6 Å². The van der Waals surface area contributed by atoms with Crippen molar-refractivity contribution in [3.63, 3.8) is 0 Å². The Kier molecular flexibility index (Phi) is 6.67. The number of ether oxygens (including phenoxy) is 2. The van der Waals surface area contributed by atoms with Crippen molar-refractivity contribution in [1.29, 1.82) is 0 Å². The Morgan fingerprint density at radius 1 is 1.17 bits per heavy atom. The second kappa shape index (κ2) is 9.43. The summed E-state index contributed by atoms with van der Waals surface area (Å²) in [5, 5.41) is 0. The fourth-order valence-electron chi connectivity index (χ4n) is 4.25. The third-order valence-corrected chi connectivity index (χ3v) is 7.71. The first-order chi connectivity index (χ1) is 14.6. The first kappa shape index (κ1) is 21.2. The van der Waals surface area contributed by atoms with Gasteiger partial charge in [-0.3, -0.25) is 4.98 Å². The van der Waals surface area contributed by atoms with Crippen LogP contribution in [0.3, 0.4) is 0 Å². The molecule has 2 aliphatic heterocycles. The highest BCUT2D eigenvalue weighted by Gasteiger charge is 2.43. The van der Waals surface area contributed by atoms with Crippen molar-refractivity contribution >= 4 is 10.0 Å². The molecule has 7 nitrogen and oxygen atoms in total. The zero-order valence-electron chi connectivity index (χ0n) is 17.3. The van der Waals surface area contributed by atoms with Crippen LogP contribution in [-0.4, -0.2) is 67.6 Å². The quantitative estimate of drug-likeness (QED) is 0.655. The van der Waals surface area contributed by atoms with E-state index >= 15 is 0 Å². The van der Waals surface area contributed by atoms with Crippen LogP contribution in [0.5, 0.6) is 5.75 Å². The summed E-state index contributed by atoms with van der Waals surface area (Å²) in [6.07, 6.45) is 4.71. The fourth-order valence-corrected chi connectivity index (χ4v) is 6.04. The zero-order valence-corrected chi connectivity index (χ0v) is 18.1. The van der Waals surface area contributed by atoms with Crippen molar-refractivity contribution in [1.82, 2.24) is 14.2 Å². The SMILES string of the molecule is CCOCCN1CC[C@@H]2[C@@H](CC1)Oc1ccccc1S(=O)(=O)N2Cc1cccnc1. The number of likely N-dealkylation sites (tertiary alicyclic amines) is 1. The van der Waals surface area contributed by atoms with Crippen LogP contribution < -0.4 is 4.74 Å². The molecule has 1 aromatic carbocycles. The molecule has 1 saturated heterocycles. The van der Waals surface area contributed by atoms with E-state index in [0.717, 1.165) is 31.6 Å². The maximum atomic E-state index is 13.7. The smallest absolute Gasteiger partial charge is 0.247 e. The Labute approximate surface area is 178 Å². The highest BCUT2D eigenvalue weighted by atomic mass is 32.2. The predicted octanol–water partition coefficient (Wildman–Crippen LogP) is 2.53. The fraction of sp³-hybridized carbons (Fsp3) is 0.500. The molecule has 0 radical (unpaired) electrons. The third kappa shape index (κ3) is 4.51. The lowest BCUT2D eigenvalue weighted by molar-refractivity contribution is 0.107. The molecule has 0 N–H and O–H groups in total. The maximum Gasteiger partial charge on any atom is 0.247 e. The predicted molar refractivity (Wildman–Crippen MR) is 114 cm³/mol. The maximum absolute atomic E-state index is 13.7. The van der Waals surface area contributed by atoms with Gasteiger partial charge in [-0.15, -0.1) is 0 Å². The highest BCUT2D eigenvalue weighted by molar-refractivity contribution is 7.89. The Morgan fingerprint density at radius 3 is 2.80 bits per heavy atom. The molecule has 1 fully saturated rings.